The van der Waals surface area contributed by atoms with Crippen molar-refractivity contribution in [1.82, 2.24) is 14.3 Å². The van der Waals surface area contributed by atoms with E-state index in [4.69, 9.17) is 4.74 Å². The van der Waals surface area contributed by atoms with E-state index in [9.17, 15) is 4.79 Å². The molecule has 5 heteroatoms. The number of likely N-dealkylation sites (tertiary alicyclic amines) is 1. The summed E-state index contributed by atoms with van der Waals surface area (Å²) in [6, 6.07) is 6.24. The highest BCUT2D eigenvalue weighted by molar-refractivity contribution is 5.76. The van der Waals surface area contributed by atoms with E-state index < -0.39 is 0 Å². The molecule has 1 fully saturated rings. The third-order valence-corrected chi connectivity index (χ3v) is 4.36. The van der Waals surface area contributed by atoms with Gasteiger partial charge in [0.15, 0.2) is 0 Å². The first-order valence-corrected chi connectivity index (χ1v) is 7.90. The summed E-state index contributed by atoms with van der Waals surface area (Å²) in [4.78, 5) is 18.7. The number of carbonyl (C=O) groups is 1. The molecule has 118 valence electrons. The number of aromatic nitrogens is 2. The van der Waals surface area contributed by atoms with E-state index in [1.165, 1.54) is 5.69 Å². The zero-order valence-corrected chi connectivity index (χ0v) is 13.3. The molecule has 3 heterocycles. The largest absolute Gasteiger partial charge is 0.384 e. The third-order valence-electron chi connectivity index (χ3n) is 4.36. The average Bonchev–Trinajstić information content (AvgIpc) is 2.92. The van der Waals surface area contributed by atoms with Crippen molar-refractivity contribution in [3.8, 4) is 0 Å². The van der Waals surface area contributed by atoms with Gasteiger partial charge in [-0.25, -0.2) is 4.98 Å². The van der Waals surface area contributed by atoms with Crippen molar-refractivity contribution < 1.29 is 9.53 Å². The molecular weight excluding hydrogens is 278 g/mol. The molecule has 1 atom stereocenters. The fourth-order valence-corrected chi connectivity index (χ4v) is 3.28. The Morgan fingerprint density at radius 1 is 1.45 bits per heavy atom. The standard InChI is InChI=1S/C17H23N3O2/c1-13-11-20-15(6-3-7-16(20)18-13)14-5-4-9-19(12-14)17(21)8-10-22-2/h3,6-7,11,14H,4-5,8-10,12H2,1-2H3. The SMILES string of the molecule is COCCC(=O)N1CCCC(c2cccc3nc(C)cn23)C1. The number of nitrogens with zero attached hydrogens (tertiary/aromatic N) is 3. The predicted molar refractivity (Wildman–Crippen MR) is 85.0 cm³/mol. The zero-order valence-electron chi connectivity index (χ0n) is 13.3. The highest BCUT2D eigenvalue weighted by atomic mass is 16.5. The van der Waals surface area contributed by atoms with Crippen molar-refractivity contribution in [3.05, 3.63) is 35.8 Å². The quantitative estimate of drug-likeness (QED) is 0.871. The number of rotatable bonds is 4. The number of pyridine rings is 1. The van der Waals surface area contributed by atoms with E-state index in [2.05, 4.69) is 27.7 Å². The summed E-state index contributed by atoms with van der Waals surface area (Å²) in [5.41, 5.74) is 3.26. The van der Waals surface area contributed by atoms with Crippen LogP contribution in [0.2, 0.25) is 0 Å². The van der Waals surface area contributed by atoms with Gasteiger partial charge in [-0.2, -0.15) is 0 Å². The summed E-state index contributed by atoms with van der Waals surface area (Å²) in [6.07, 6.45) is 4.71. The summed E-state index contributed by atoms with van der Waals surface area (Å²) in [5.74, 6) is 0.568. The van der Waals surface area contributed by atoms with E-state index in [1.807, 2.05) is 17.9 Å². The van der Waals surface area contributed by atoms with Crippen LogP contribution >= 0.6 is 0 Å². The Labute approximate surface area is 130 Å². The van der Waals surface area contributed by atoms with Gasteiger partial charge in [-0.3, -0.25) is 4.79 Å². The molecule has 22 heavy (non-hydrogen) atoms. The van der Waals surface area contributed by atoms with Gasteiger partial charge in [-0.05, 0) is 31.9 Å². The fraction of sp³-hybridized carbons (Fsp3) is 0.529. The van der Waals surface area contributed by atoms with E-state index in [0.717, 1.165) is 37.3 Å². The second kappa shape index (κ2) is 6.48. The smallest absolute Gasteiger partial charge is 0.224 e. The van der Waals surface area contributed by atoms with Gasteiger partial charge >= 0.3 is 0 Å². The van der Waals surface area contributed by atoms with Crippen LogP contribution in [0.5, 0.6) is 0 Å². The maximum atomic E-state index is 12.2. The van der Waals surface area contributed by atoms with Crippen LogP contribution in [-0.2, 0) is 9.53 Å². The molecule has 3 rings (SSSR count). The summed E-state index contributed by atoms with van der Waals surface area (Å²) in [5, 5.41) is 0. The van der Waals surface area contributed by atoms with Gasteiger partial charge in [-0.15, -0.1) is 0 Å². The molecule has 1 saturated heterocycles. The summed E-state index contributed by atoms with van der Waals surface area (Å²) < 4.78 is 7.19. The van der Waals surface area contributed by atoms with Gasteiger partial charge in [-0.1, -0.05) is 6.07 Å². The molecule has 1 unspecified atom stereocenters. The number of hydrogen-bond acceptors (Lipinski definition) is 3. The maximum Gasteiger partial charge on any atom is 0.224 e. The molecule has 0 aliphatic carbocycles. The van der Waals surface area contributed by atoms with Crippen LogP contribution in [0.1, 0.15) is 36.6 Å². The van der Waals surface area contributed by atoms with Gasteiger partial charge < -0.3 is 14.0 Å². The lowest BCUT2D eigenvalue weighted by molar-refractivity contribution is -0.133. The molecule has 0 aromatic carbocycles. The first-order chi connectivity index (χ1) is 10.7. The third kappa shape index (κ3) is 2.99. The average molecular weight is 301 g/mol. The number of piperidine rings is 1. The van der Waals surface area contributed by atoms with Crippen molar-refractivity contribution in [3.63, 3.8) is 0 Å². The van der Waals surface area contributed by atoms with E-state index in [1.54, 1.807) is 7.11 Å². The molecule has 0 N–H and O–H groups in total. The monoisotopic (exact) mass is 301 g/mol. The Kier molecular flexibility index (Phi) is 4.43. The molecule has 0 spiro atoms. The zero-order chi connectivity index (χ0) is 15.5. The molecule has 1 aliphatic rings. The molecule has 0 bridgehead atoms. The second-order valence-corrected chi connectivity index (χ2v) is 5.98. The summed E-state index contributed by atoms with van der Waals surface area (Å²) in [7, 11) is 1.63. The molecule has 1 aliphatic heterocycles. The van der Waals surface area contributed by atoms with Crippen molar-refractivity contribution in [2.24, 2.45) is 0 Å². The minimum Gasteiger partial charge on any atom is -0.384 e. The number of hydrogen-bond donors (Lipinski definition) is 0. The van der Waals surface area contributed by atoms with Crippen LogP contribution < -0.4 is 0 Å². The van der Waals surface area contributed by atoms with Crippen LogP contribution in [0.4, 0.5) is 0 Å². The topological polar surface area (TPSA) is 46.8 Å². The van der Waals surface area contributed by atoms with Crippen LogP contribution in [0, 0.1) is 6.92 Å². The van der Waals surface area contributed by atoms with Crippen LogP contribution in [0.25, 0.3) is 5.65 Å². The maximum absolute atomic E-state index is 12.2. The minimum atomic E-state index is 0.195. The van der Waals surface area contributed by atoms with Crippen LogP contribution in [-0.4, -0.2) is 47.0 Å². The lowest BCUT2D eigenvalue weighted by Gasteiger charge is -2.33. The van der Waals surface area contributed by atoms with Gasteiger partial charge in [0, 0.05) is 38.0 Å². The van der Waals surface area contributed by atoms with Gasteiger partial charge in [0.1, 0.15) is 5.65 Å². The molecule has 1 amide bonds. The number of methoxy groups -OCH3 is 1. The first-order valence-electron chi connectivity index (χ1n) is 7.90. The van der Waals surface area contributed by atoms with Gasteiger partial charge in [0.25, 0.3) is 0 Å². The van der Waals surface area contributed by atoms with Gasteiger partial charge in [0.05, 0.1) is 18.7 Å². The highest BCUT2D eigenvalue weighted by Gasteiger charge is 2.25. The van der Waals surface area contributed by atoms with Crippen LogP contribution in [0.15, 0.2) is 24.4 Å². The Hall–Kier alpha value is -1.88. The molecule has 0 radical (unpaired) electrons. The number of fused-ring (bicyclic) bond motifs is 1. The summed E-state index contributed by atoms with van der Waals surface area (Å²) >= 11 is 0. The Morgan fingerprint density at radius 3 is 3.14 bits per heavy atom. The Morgan fingerprint density at radius 2 is 2.32 bits per heavy atom. The predicted octanol–water partition coefficient (Wildman–Crippen LogP) is 2.39. The number of aryl methyl sites for hydroxylation is 1. The van der Waals surface area contributed by atoms with Crippen molar-refractivity contribution in [2.75, 3.05) is 26.8 Å². The van der Waals surface area contributed by atoms with Crippen LogP contribution in [0.3, 0.4) is 0 Å². The molecule has 0 saturated carbocycles. The van der Waals surface area contributed by atoms with E-state index >= 15 is 0 Å². The molecule has 2 aromatic rings. The number of amides is 1. The molecule has 2 aromatic heterocycles. The molecular formula is C17H23N3O2. The Balaban J connectivity index is 1.80. The Bertz CT molecular complexity index is 665. The van der Waals surface area contributed by atoms with E-state index in [0.29, 0.717) is 18.9 Å². The first kappa shape index (κ1) is 15.0. The van der Waals surface area contributed by atoms with E-state index in [-0.39, 0.29) is 5.91 Å². The van der Waals surface area contributed by atoms with Crippen molar-refractivity contribution in [2.45, 2.75) is 32.1 Å². The fourth-order valence-electron chi connectivity index (χ4n) is 3.28. The lowest BCUT2D eigenvalue weighted by atomic mass is 9.94. The lowest BCUT2D eigenvalue weighted by Crippen LogP contribution is -2.39. The van der Waals surface area contributed by atoms with Crippen molar-refractivity contribution >= 4 is 11.6 Å². The minimum absolute atomic E-state index is 0.195. The van der Waals surface area contributed by atoms with Gasteiger partial charge in [0.2, 0.25) is 5.91 Å². The normalized spacial score (nSPS) is 18.8. The second-order valence-electron chi connectivity index (χ2n) is 5.98. The highest BCUT2D eigenvalue weighted by Crippen LogP contribution is 2.28. The number of imidazole rings is 1. The number of carbonyl (C=O) groups excluding carboxylic acids is 1. The summed E-state index contributed by atoms with van der Waals surface area (Å²) in [6.45, 7) is 4.16. The van der Waals surface area contributed by atoms with Crippen molar-refractivity contribution in [1.29, 1.82) is 0 Å². The molecule has 5 nitrogen and oxygen atoms in total. The number of ether oxygens (including phenoxy) is 1.